The maximum Gasteiger partial charge on any atom is 0.251 e. The molecule has 0 spiro atoms. The number of nitrogens with zero attached hydrogens (tertiary/aromatic N) is 3. The third-order valence-electron chi connectivity index (χ3n) is 3.07. The Hall–Kier alpha value is -3.02. The van der Waals surface area contributed by atoms with Gasteiger partial charge in [0.05, 0.1) is 0 Å². The second-order valence-electron chi connectivity index (χ2n) is 4.62. The zero-order valence-electron chi connectivity index (χ0n) is 11.8. The van der Waals surface area contributed by atoms with Gasteiger partial charge in [-0.05, 0) is 12.1 Å². The molecular weight excluding hydrogens is 280 g/mol. The van der Waals surface area contributed by atoms with Crippen LogP contribution < -0.4 is 5.32 Å². The molecule has 0 aliphatic carbocycles. The van der Waals surface area contributed by atoms with Crippen molar-refractivity contribution in [2.45, 2.75) is 6.42 Å². The molecule has 1 aromatic carbocycles. The van der Waals surface area contributed by atoms with Gasteiger partial charge in [-0.25, -0.2) is 0 Å². The van der Waals surface area contributed by atoms with Crippen molar-refractivity contribution in [2.75, 3.05) is 6.54 Å². The van der Waals surface area contributed by atoms with Crippen molar-refractivity contribution in [1.29, 1.82) is 0 Å². The number of benzene rings is 1. The SMILES string of the molecule is O=C(NCCc1nc(-c2ccccc2)no1)c1ccncc1. The molecule has 0 aliphatic heterocycles. The number of aromatic nitrogens is 3. The maximum atomic E-state index is 11.9. The number of pyridine rings is 1. The van der Waals surface area contributed by atoms with Crippen LogP contribution >= 0.6 is 0 Å². The minimum absolute atomic E-state index is 0.148. The lowest BCUT2D eigenvalue weighted by molar-refractivity contribution is 0.0953. The molecule has 1 N–H and O–H groups in total. The summed E-state index contributed by atoms with van der Waals surface area (Å²) in [5.74, 6) is 0.898. The molecule has 0 radical (unpaired) electrons. The van der Waals surface area contributed by atoms with Gasteiger partial charge >= 0.3 is 0 Å². The van der Waals surface area contributed by atoms with Crippen LogP contribution in [0.4, 0.5) is 0 Å². The van der Waals surface area contributed by atoms with Gasteiger partial charge in [0.15, 0.2) is 0 Å². The minimum atomic E-state index is -0.148. The Kier molecular flexibility index (Phi) is 4.20. The van der Waals surface area contributed by atoms with E-state index >= 15 is 0 Å². The van der Waals surface area contributed by atoms with E-state index in [9.17, 15) is 4.79 Å². The topological polar surface area (TPSA) is 80.9 Å². The Morgan fingerprint density at radius 2 is 1.86 bits per heavy atom. The van der Waals surface area contributed by atoms with E-state index in [4.69, 9.17) is 4.52 Å². The van der Waals surface area contributed by atoms with Crippen LogP contribution in [-0.4, -0.2) is 27.6 Å². The zero-order chi connectivity index (χ0) is 15.2. The number of carbonyl (C=O) groups is 1. The smallest absolute Gasteiger partial charge is 0.251 e. The summed E-state index contributed by atoms with van der Waals surface area (Å²) in [6.07, 6.45) is 3.65. The zero-order valence-corrected chi connectivity index (χ0v) is 11.8. The standard InChI is InChI=1S/C16H14N4O2/c21-16(13-6-9-17-10-7-13)18-11-8-14-19-15(20-22-14)12-4-2-1-3-5-12/h1-7,9-10H,8,11H2,(H,18,21). The first kappa shape index (κ1) is 13.9. The number of hydrogen-bond acceptors (Lipinski definition) is 5. The Balaban J connectivity index is 1.55. The predicted octanol–water partition coefficient (Wildman–Crippen LogP) is 2.10. The van der Waals surface area contributed by atoms with Gasteiger partial charge in [0, 0.05) is 36.5 Å². The minimum Gasteiger partial charge on any atom is -0.352 e. The molecule has 6 nitrogen and oxygen atoms in total. The average molecular weight is 294 g/mol. The van der Waals surface area contributed by atoms with Crippen LogP contribution in [-0.2, 0) is 6.42 Å². The first-order valence-electron chi connectivity index (χ1n) is 6.89. The van der Waals surface area contributed by atoms with Crippen LogP contribution in [0.1, 0.15) is 16.2 Å². The van der Waals surface area contributed by atoms with Gasteiger partial charge < -0.3 is 9.84 Å². The highest BCUT2D eigenvalue weighted by molar-refractivity contribution is 5.93. The number of carbonyl (C=O) groups excluding carboxylic acids is 1. The molecule has 6 heteroatoms. The number of nitrogens with one attached hydrogen (secondary N) is 1. The van der Waals surface area contributed by atoms with Crippen LogP contribution in [0.5, 0.6) is 0 Å². The lowest BCUT2D eigenvalue weighted by Gasteiger charge is -2.02. The second-order valence-corrected chi connectivity index (χ2v) is 4.62. The normalized spacial score (nSPS) is 10.4. The van der Waals surface area contributed by atoms with Gasteiger partial charge in [-0.3, -0.25) is 9.78 Å². The van der Waals surface area contributed by atoms with Crippen molar-refractivity contribution >= 4 is 5.91 Å². The van der Waals surface area contributed by atoms with E-state index in [1.54, 1.807) is 24.5 Å². The first-order valence-corrected chi connectivity index (χ1v) is 6.89. The fourth-order valence-corrected chi connectivity index (χ4v) is 1.95. The van der Waals surface area contributed by atoms with Gasteiger partial charge in [-0.1, -0.05) is 35.5 Å². The molecule has 1 amide bonds. The molecule has 0 bridgehead atoms. The monoisotopic (exact) mass is 294 g/mol. The molecule has 0 saturated heterocycles. The summed E-state index contributed by atoms with van der Waals surface area (Å²) in [7, 11) is 0. The van der Waals surface area contributed by atoms with Crippen molar-refractivity contribution in [1.82, 2.24) is 20.4 Å². The predicted molar refractivity (Wildman–Crippen MR) is 80.0 cm³/mol. The van der Waals surface area contributed by atoms with E-state index in [2.05, 4.69) is 20.4 Å². The van der Waals surface area contributed by atoms with E-state index in [1.165, 1.54) is 0 Å². The molecule has 22 heavy (non-hydrogen) atoms. The summed E-state index contributed by atoms with van der Waals surface area (Å²) >= 11 is 0. The van der Waals surface area contributed by atoms with Gasteiger partial charge in [-0.2, -0.15) is 4.98 Å². The fourth-order valence-electron chi connectivity index (χ4n) is 1.95. The third kappa shape index (κ3) is 3.35. The van der Waals surface area contributed by atoms with Crippen molar-refractivity contribution < 1.29 is 9.32 Å². The molecule has 2 heterocycles. The molecule has 0 saturated carbocycles. The number of amides is 1. The summed E-state index contributed by atoms with van der Waals surface area (Å²) < 4.78 is 5.18. The van der Waals surface area contributed by atoms with Crippen LogP contribution in [0.2, 0.25) is 0 Å². The highest BCUT2D eigenvalue weighted by Gasteiger charge is 2.09. The van der Waals surface area contributed by atoms with Crippen LogP contribution in [0.25, 0.3) is 11.4 Å². The Morgan fingerprint density at radius 1 is 1.09 bits per heavy atom. The highest BCUT2D eigenvalue weighted by atomic mass is 16.5. The van der Waals surface area contributed by atoms with E-state index in [0.29, 0.717) is 30.2 Å². The van der Waals surface area contributed by atoms with Crippen molar-refractivity contribution in [3.63, 3.8) is 0 Å². The first-order chi connectivity index (χ1) is 10.8. The van der Waals surface area contributed by atoms with E-state index in [1.807, 2.05) is 30.3 Å². The van der Waals surface area contributed by atoms with E-state index in [0.717, 1.165) is 5.56 Å². The van der Waals surface area contributed by atoms with Gasteiger partial charge in [0.25, 0.3) is 5.91 Å². The van der Waals surface area contributed by atoms with Crippen LogP contribution in [0.15, 0.2) is 59.4 Å². The Bertz CT molecular complexity index is 741. The number of hydrogen-bond donors (Lipinski definition) is 1. The molecular formula is C16H14N4O2. The molecule has 3 rings (SSSR count). The molecule has 110 valence electrons. The molecule has 0 fully saturated rings. The van der Waals surface area contributed by atoms with Crippen molar-refractivity contribution in [2.24, 2.45) is 0 Å². The van der Waals surface area contributed by atoms with Crippen molar-refractivity contribution in [3.8, 4) is 11.4 Å². The summed E-state index contributed by atoms with van der Waals surface area (Å²) in [6, 6.07) is 12.9. The molecule has 0 unspecified atom stereocenters. The second kappa shape index (κ2) is 6.62. The summed E-state index contributed by atoms with van der Waals surface area (Å²) in [5.41, 5.74) is 1.48. The van der Waals surface area contributed by atoms with Gasteiger partial charge in [0.1, 0.15) is 0 Å². The molecule has 0 atom stereocenters. The summed E-state index contributed by atoms with van der Waals surface area (Å²) in [4.78, 5) is 20.0. The molecule has 2 aromatic heterocycles. The van der Waals surface area contributed by atoms with Crippen LogP contribution in [0.3, 0.4) is 0 Å². The highest BCUT2D eigenvalue weighted by Crippen LogP contribution is 2.14. The number of rotatable bonds is 5. The quantitative estimate of drug-likeness (QED) is 0.779. The van der Waals surface area contributed by atoms with E-state index in [-0.39, 0.29) is 5.91 Å². The largest absolute Gasteiger partial charge is 0.352 e. The fraction of sp³-hybridized carbons (Fsp3) is 0.125. The summed E-state index contributed by atoms with van der Waals surface area (Å²) in [6.45, 7) is 0.428. The Labute approximate surface area is 127 Å². The maximum absolute atomic E-state index is 11.9. The lowest BCUT2D eigenvalue weighted by atomic mass is 10.2. The lowest BCUT2D eigenvalue weighted by Crippen LogP contribution is -2.25. The molecule has 3 aromatic rings. The van der Waals surface area contributed by atoms with Gasteiger partial charge in [0.2, 0.25) is 11.7 Å². The Morgan fingerprint density at radius 3 is 2.64 bits per heavy atom. The molecule has 0 aliphatic rings. The van der Waals surface area contributed by atoms with Crippen molar-refractivity contribution in [3.05, 3.63) is 66.3 Å². The summed E-state index contributed by atoms with van der Waals surface area (Å²) in [5, 5.41) is 6.74. The van der Waals surface area contributed by atoms with Crippen LogP contribution in [0, 0.1) is 0 Å². The average Bonchev–Trinajstić information content (AvgIpc) is 3.05. The third-order valence-corrected chi connectivity index (χ3v) is 3.07. The van der Waals surface area contributed by atoms with E-state index < -0.39 is 0 Å². The van der Waals surface area contributed by atoms with Gasteiger partial charge in [-0.15, -0.1) is 0 Å².